The maximum atomic E-state index is 5.92. The Kier molecular flexibility index (Phi) is 4.16. The number of aromatic nitrogens is 1. The average molecular weight is 269 g/mol. The number of hydrogen-bond donors (Lipinski definition) is 2. The first-order valence-electron chi connectivity index (χ1n) is 7.66. The fourth-order valence-corrected chi connectivity index (χ4v) is 3.35. The van der Waals surface area contributed by atoms with Crippen LogP contribution in [0.5, 0.6) is 0 Å². The van der Waals surface area contributed by atoms with Gasteiger partial charge in [-0.25, -0.2) is 0 Å². The molecule has 0 saturated heterocycles. The molecule has 1 aromatic heterocycles. The fourth-order valence-electron chi connectivity index (χ4n) is 3.35. The maximum Gasteiger partial charge on any atom is 0.0722 e. The normalized spacial score (nSPS) is 22.9. The second kappa shape index (κ2) is 6.23. The number of anilines is 1. The summed E-state index contributed by atoms with van der Waals surface area (Å²) in [7, 11) is 0. The fraction of sp³-hybridized carbons (Fsp3) is 0.471. The van der Waals surface area contributed by atoms with E-state index in [0.29, 0.717) is 11.8 Å². The lowest BCUT2D eigenvalue weighted by molar-refractivity contribution is 0.255. The minimum atomic E-state index is 0.685. The smallest absolute Gasteiger partial charge is 0.0722 e. The first-order valence-corrected chi connectivity index (χ1v) is 7.66. The van der Waals surface area contributed by atoms with Gasteiger partial charge in [0.05, 0.1) is 5.52 Å². The molecule has 0 bridgehead atoms. The molecule has 2 aromatic rings. The Morgan fingerprint density at radius 1 is 1.10 bits per heavy atom. The topological polar surface area (TPSA) is 50.9 Å². The summed E-state index contributed by atoms with van der Waals surface area (Å²) in [6.07, 6.45) is 7.17. The predicted molar refractivity (Wildman–Crippen MR) is 84.7 cm³/mol. The molecule has 2 unspecified atom stereocenters. The zero-order chi connectivity index (χ0) is 13.8. The lowest BCUT2D eigenvalue weighted by Crippen LogP contribution is -2.31. The molecule has 0 radical (unpaired) electrons. The minimum absolute atomic E-state index is 0.685. The third-order valence-electron chi connectivity index (χ3n) is 4.57. The molecule has 1 heterocycles. The Hall–Kier alpha value is -1.61. The highest BCUT2D eigenvalue weighted by atomic mass is 14.9. The Bertz CT molecular complexity index is 562. The number of nitrogens with zero attached hydrogens (tertiary/aromatic N) is 1. The summed E-state index contributed by atoms with van der Waals surface area (Å²) in [6.45, 7) is 1.85. The van der Waals surface area contributed by atoms with Crippen LogP contribution in [0.3, 0.4) is 0 Å². The van der Waals surface area contributed by atoms with Gasteiger partial charge in [-0.1, -0.05) is 31.0 Å². The van der Waals surface area contributed by atoms with Gasteiger partial charge in [0, 0.05) is 23.8 Å². The van der Waals surface area contributed by atoms with Crippen LogP contribution >= 0.6 is 0 Å². The van der Waals surface area contributed by atoms with Crippen molar-refractivity contribution >= 4 is 16.6 Å². The molecule has 3 N–H and O–H groups in total. The number of pyridine rings is 1. The molecule has 3 rings (SSSR count). The highest BCUT2D eigenvalue weighted by Crippen LogP contribution is 2.30. The molecule has 1 saturated carbocycles. The number of fused-ring (bicyclic) bond motifs is 1. The first kappa shape index (κ1) is 13.4. The zero-order valence-corrected chi connectivity index (χ0v) is 11.9. The molecule has 3 nitrogen and oxygen atoms in total. The number of nitrogens with two attached hydrogens (primary N) is 1. The quantitative estimate of drug-likeness (QED) is 0.894. The summed E-state index contributed by atoms with van der Waals surface area (Å²) in [5.74, 6) is 1.39. The summed E-state index contributed by atoms with van der Waals surface area (Å²) >= 11 is 0. The molecule has 1 aliphatic carbocycles. The number of nitrogens with one attached hydrogen (secondary N) is 1. The van der Waals surface area contributed by atoms with Crippen molar-refractivity contribution in [3.63, 3.8) is 0 Å². The molecule has 20 heavy (non-hydrogen) atoms. The van der Waals surface area contributed by atoms with Crippen molar-refractivity contribution in [2.24, 2.45) is 17.6 Å². The largest absolute Gasteiger partial charge is 0.384 e. The molecular formula is C17H23N3. The van der Waals surface area contributed by atoms with Gasteiger partial charge in [0.1, 0.15) is 0 Å². The van der Waals surface area contributed by atoms with Gasteiger partial charge in [0.15, 0.2) is 0 Å². The molecular weight excluding hydrogens is 246 g/mol. The molecule has 0 amide bonds. The van der Waals surface area contributed by atoms with Crippen LogP contribution in [0.15, 0.2) is 36.5 Å². The lowest BCUT2D eigenvalue weighted by atomic mass is 9.79. The highest BCUT2D eigenvalue weighted by Gasteiger charge is 2.23. The van der Waals surface area contributed by atoms with Crippen molar-refractivity contribution in [1.82, 2.24) is 4.98 Å². The van der Waals surface area contributed by atoms with E-state index in [4.69, 9.17) is 5.73 Å². The number of rotatable bonds is 4. The second-order valence-corrected chi connectivity index (χ2v) is 5.80. The van der Waals surface area contributed by atoms with E-state index in [-0.39, 0.29) is 0 Å². The van der Waals surface area contributed by atoms with Gasteiger partial charge < -0.3 is 11.1 Å². The molecule has 0 aliphatic heterocycles. The lowest BCUT2D eigenvalue weighted by Gasteiger charge is -2.31. The Morgan fingerprint density at radius 3 is 2.75 bits per heavy atom. The SMILES string of the molecule is NCC1CCCCC1CNc1ccnc2ccccc12. The van der Waals surface area contributed by atoms with Crippen LogP contribution < -0.4 is 11.1 Å². The highest BCUT2D eigenvalue weighted by molar-refractivity contribution is 5.90. The van der Waals surface area contributed by atoms with Crippen molar-refractivity contribution in [1.29, 1.82) is 0 Å². The number of benzene rings is 1. The second-order valence-electron chi connectivity index (χ2n) is 5.80. The van der Waals surface area contributed by atoms with E-state index in [9.17, 15) is 0 Å². The number of hydrogen-bond acceptors (Lipinski definition) is 3. The molecule has 106 valence electrons. The van der Waals surface area contributed by atoms with Crippen molar-refractivity contribution in [3.05, 3.63) is 36.5 Å². The van der Waals surface area contributed by atoms with Gasteiger partial charge in [-0.2, -0.15) is 0 Å². The van der Waals surface area contributed by atoms with Crippen molar-refractivity contribution in [2.75, 3.05) is 18.4 Å². The summed E-state index contributed by atoms with van der Waals surface area (Å²) in [5.41, 5.74) is 8.16. The van der Waals surface area contributed by atoms with Gasteiger partial charge in [0.2, 0.25) is 0 Å². The van der Waals surface area contributed by atoms with Crippen LogP contribution in [0.2, 0.25) is 0 Å². The average Bonchev–Trinajstić information content (AvgIpc) is 2.53. The Balaban J connectivity index is 1.73. The van der Waals surface area contributed by atoms with Crippen LogP contribution in [0.25, 0.3) is 10.9 Å². The summed E-state index contributed by atoms with van der Waals surface area (Å²) < 4.78 is 0. The van der Waals surface area contributed by atoms with Crippen molar-refractivity contribution in [2.45, 2.75) is 25.7 Å². The van der Waals surface area contributed by atoms with Gasteiger partial charge in [-0.05, 0) is 43.4 Å². The molecule has 1 aromatic carbocycles. The Morgan fingerprint density at radius 2 is 1.90 bits per heavy atom. The maximum absolute atomic E-state index is 5.92. The van der Waals surface area contributed by atoms with Crippen molar-refractivity contribution in [3.8, 4) is 0 Å². The zero-order valence-electron chi connectivity index (χ0n) is 11.9. The van der Waals surface area contributed by atoms with Crippen LogP contribution in [0, 0.1) is 11.8 Å². The Labute approximate surface area is 120 Å². The van der Waals surface area contributed by atoms with Crippen LogP contribution in [0.4, 0.5) is 5.69 Å². The third kappa shape index (κ3) is 2.78. The molecule has 1 aliphatic rings. The van der Waals surface area contributed by atoms with Crippen LogP contribution in [-0.4, -0.2) is 18.1 Å². The van der Waals surface area contributed by atoms with E-state index < -0.39 is 0 Å². The molecule has 1 fully saturated rings. The third-order valence-corrected chi connectivity index (χ3v) is 4.57. The molecule has 0 spiro atoms. The summed E-state index contributed by atoms with van der Waals surface area (Å²) in [6, 6.07) is 10.4. The first-order chi connectivity index (χ1) is 9.88. The van der Waals surface area contributed by atoms with E-state index >= 15 is 0 Å². The van der Waals surface area contributed by atoms with Crippen LogP contribution in [-0.2, 0) is 0 Å². The van der Waals surface area contributed by atoms with Crippen LogP contribution in [0.1, 0.15) is 25.7 Å². The monoisotopic (exact) mass is 269 g/mol. The molecule has 2 atom stereocenters. The number of para-hydroxylation sites is 1. The van der Waals surface area contributed by atoms with Gasteiger partial charge in [0.25, 0.3) is 0 Å². The standard InChI is InChI=1S/C17H23N3/c18-11-13-5-1-2-6-14(13)12-20-17-9-10-19-16-8-4-3-7-15(16)17/h3-4,7-10,13-14H,1-2,5-6,11-12,18H2,(H,19,20). The predicted octanol–water partition coefficient (Wildman–Crippen LogP) is 3.41. The van der Waals surface area contributed by atoms with Crippen molar-refractivity contribution < 1.29 is 0 Å². The molecule has 3 heteroatoms. The van der Waals surface area contributed by atoms with Gasteiger partial charge in [-0.3, -0.25) is 4.98 Å². The summed E-state index contributed by atoms with van der Waals surface area (Å²) in [4.78, 5) is 4.41. The van der Waals surface area contributed by atoms with E-state index in [0.717, 1.165) is 18.6 Å². The minimum Gasteiger partial charge on any atom is -0.384 e. The van der Waals surface area contributed by atoms with E-state index in [1.807, 2.05) is 12.3 Å². The van der Waals surface area contributed by atoms with E-state index in [1.54, 1.807) is 0 Å². The van der Waals surface area contributed by atoms with Gasteiger partial charge >= 0.3 is 0 Å². The summed E-state index contributed by atoms with van der Waals surface area (Å²) in [5, 5.41) is 4.83. The van der Waals surface area contributed by atoms with Gasteiger partial charge in [-0.15, -0.1) is 0 Å². The van der Waals surface area contributed by atoms with E-state index in [1.165, 1.54) is 36.8 Å². The van der Waals surface area contributed by atoms with E-state index in [2.05, 4.69) is 34.6 Å².